The van der Waals surface area contributed by atoms with E-state index in [1.807, 2.05) is 36.4 Å². The van der Waals surface area contributed by atoms with Crippen molar-refractivity contribution in [1.82, 2.24) is 4.57 Å². The minimum Gasteiger partial charge on any atom is -0.508 e. The van der Waals surface area contributed by atoms with E-state index in [-0.39, 0.29) is 17.2 Å². The van der Waals surface area contributed by atoms with Gasteiger partial charge in [-0.15, -0.1) is 0 Å². The van der Waals surface area contributed by atoms with E-state index in [1.165, 1.54) is 11.3 Å². The maximum atomic E-state index is 13.7. The largest absolute Gasteiger partial charge is 0.508 e. The fourth-order valence-electron chi connectivity index (χ4n) is 4.20. The van der Waals surface area contributed by atoms with Gasteiger partial charge in [0.2, 0.25) is 0 Å². The lowest BCUT2D eigenvalue weighted by Gasteiger charge is -2.25. The predicted octanol–water partition coefficient (Wildman–Crippen LogP) is 3.59. The Labute approximate surface area is 211 Å². The molecule has 4 aromatic rings. The number of anilines is 1. The van der Waals surface area contributed by atoms with Gasteiger partial charge in [0, 0.05) is 5.69 Å². The number of hydrogen-bond acceptors (Lipinski definition) is 6. The Bertz CT molecular complexity index is 1650. The van der Waals surface area contributed by atoms with Gasteiger partial charge in [0.25, 0.3) is 11.5 Å². The van der Waals surface area contributed by atoms with Crippen LogP contribution >= 0.6 is 11.3 Å². The number of benzene rings is 3. The maximum Gasteiger partial charge on any atom is 0.271 e. The molecular formula is C28H23N3O4S. The molecule has 0 saturated carbocycles. The summed E-state index contributed by atoms with van der Waals surface area (Å²) in [6, 6.07) is 22.5. The van der Waals surface area contributed by atoms with Crippen molar-refractivity contribution in [2.75, 3.05) is 12.4 Å². The molecule has 2 N–H and O–H groups in total. The van der Waals surface area contributed by atoms with Gasteiger partial charge in [0.1, 0.15) is 11.5 Å². The van der Waals surface area contributed by atoms with Crippen LogP contribution in [0.25, 0.3) is 6.08 Å². The number of amides is 1. The van der Waals surface area contributed by atoms with E-state index in [0.29, 0.717) is 37.6 Å². The molecular weight excluding hydrogens is 474 g/mol. The number of rotatable bonds is 5. The Balaban J connectivity index is 1.68. The molecule has 5 rings (SSSR count). The van der Waals surface area contributed by atoms with Gasteiger partial charge in [0.05, 0.1) is 29.0 Å². The molecule has 7 nitrogen and oxygen atoms in total. The summed E-state index contributed by atoms with van der Waals surface area (Å²) in [7, 11) is 1.59. The Morgan fingerprint density at radius 3 is 2.53 bits per heavy atom. The first-order chi connectivity index (χ1) is 17.4. The molecule has 1 amide bonds. The van der Waals surface area contributed by atoms with Gasteiger partial charge in [-0.2, -0.15) is 0 Å². The van der Waals surface area contributed by atoms with Crippen molar-refractivity contribution in [2.45, 2.75) is 13.0 Å². The first-order valence-electron chi connectivity index (χ1n) is 11.3. The molecule has 0 radical (unpaired) electrons. The lowest BCUT2D eigenvalue weighted by atomic mass is 9.95. The van der Waals surface area contributed by atoms with Crippen molar-refractivity contribution < 1.29 is 14.6 Å². The number of nitrogens with one attached hydrogen (secondary N) is 1. The smallest absolute Gasteiger partial charge is 0.271 e. The average molecular weight is 498 g/mol. The topological polar surface area (TPSA) is 92.9 Å². The van der Waals surface area contributed by atoms with Crippen LogP contribution in [0.4, 0.5) is 5.69 Å². The Kier molecular flexibility index (Phi) is 6.26. The number of allylic oxidation sites excluding steroid dienone is 1. The third-order valence-electron chi connectivity index (χ3n) is 5.90. The number of ether oxygens (including phenoxy) is 1. The quantitative estimate of drug-likeness (QED) is 0.441. The van der Waals surface area contributed by atoms with E-state index in [1.54, 1.807) is 67.1 Å². The second kappa shape index (κ2) is 9.67. The predicted molar refractivity (Wildman–Crippen MR) is 140 cm³/mol. The number of nitrogens with zero attached hydrogens (tertiary/aromatic N) is 2. The average Bonchev–Trinajstić information content (AvgIpc) is 3.18. The first-order valence-corrected chi connectivity index (χ1v) is 12.1. The number of phenolic OH excluding ortho intramolecular Hbond substituents is 1. The second-order valence-electron chi connectivity index (χ2n) is 8.27. The summed E-state index contributed by atoms with van der Waals surface area (Å²) in [5.41, 5.74) is 2.76. The fraction of sp³-hybridized carbons (Fsp3) is 0.107. The summed E-state index contributed by atoms with van der Waals surface area (Å²) in [5.74, 6) is 0.458. The van der Waals surface area contributed by atoms with Crippen LogP contribution in [-0.2, 0) is 4.79 Å². The van der Waals surface area contributed by atoms with Crippen molar-refractivity contribution >= 4 is 29.0 Å². The van der Waals surface area contributed by atoms with Crippen LogP contribution in [0, 0.1) is 0 Å². The van der Waals surface area contributed by atoms with Crippen LogP contribution in [0.15, 0.2) is 99.9 Å². The first kappa shape index (κ1) is 23.3. The van der Waals surface area contributed by atoms with Crippen LogP contribution in [0.1, 0.15) is 24.1 Å². The van der Waals surface area contributed by atoms with Crippen molar-refractivity contribution in [2.24, 2.45) is 4.99 Å². The minimum absolute atomic E-state index is 0.114. The minimum atomic E-state index is -0.679. The zero-order chi connectivity index (χ0) is 25.2. The molecule has 2 heterocycles. The normalized spacial score (nSPS) is 15.3. The van der Waals surface area contributed by atoms with Gasteiger partial charge >= 0.3 is 0 Å². The van der Waals surface area contributed by atoms with Crippen molar-refractivity contribution in [3.05, 3.63) is 121 Å². The van der Waals surface area contributed by atoms with Gasteiger partial charge in [-0.25, -0.2) is 4.99 Å². The summed E-state index contributed by atoms with van der Waals surface area (Å²) in [5, 5.41) is 12.8. The highest BCUT2D eigenvalue weighted by atomic mass is 32.1. The third kappa shape index (κ3) is 4.46. The van der Waals surface area contributed by atoms with Gasteiger partial charge in [-0.05, 0) is 60.5 Å². The van der Waals surface area contributed by atoms with E-state index in [4.69, 9.17) is 4.74 Å². The molecule has 1 aliphatic heterocycles. The molecule has 180 valence electrons. The number of aromatic nitrogens is 1. The van der Waals surface area contributed by atoms with Gasteiger partial charge in [0.15, 0.2) is 4.80 Å². The zero-order valence-electron chi connectivity index (χ0n) is 19.6. The van der Waals surface area contributed by atoms with E-state index >= 15 is 0 Å². The molecule has 0 unspecified atom stereocenters. The van der Waals surface area contributed by atoms with Crippen molar-refractivity contribution in [3.63, 3.8) is 0 Å². The van der Waals surface area contributed by atoms with E-state index in [0.717, 1.165) is 5.56 Å². The molecule has 0 spiro atoms. The number of para-hydroxylation sites is 1. The van der Waals surface area contributed by atoms with Crippen LogP contribution < -0.4 is 24.9 Å². The molecule has 0 bridgehead atoms. The van der Waals surface area contributed by atoms with Gasteiger partial charge in [-0.1, -0.05) is 53.8 Å². The molecule has 1 aliphatic rings. The van der Waals surface area contributed by atoms with Crippen LogP contribution in [0.2, 0.25) is 0 Å². The molecule has 1 aromatic heterocycles. The monoisotopic (exact) mass is 497 g/mol. The van der Waals surface area contributed by atoms with E-state index < -0.39 is 6.04 Å². The molecule has 0 saturated heterocycles. The highest BCUT2D eigenvalue weighted by Gasteiger charge is 2.32. The standard InChI is InChI=1S/C28H23N3O4S/c1-17-24(26(33)30-20-8-4-3-5-9-20)25(19-11-13-22(35-2)14-12-19)31-27(34)23(36-28(31)29-17)16-18-7-6-10-21(32)15-18/h3-16,25,32H,1-2H3,(H,30,33)/b23-16+/t25-/m0/s1. The van der Waals surface area contributed by atoms with E-state index in [9.17, 15) is 14.7 Å². The summed E-state index contributed by atoms with van der Waals surface area (Å²) in [6.45, 7) is 1.78. The molecule has 1 atom stereocenters. The Morgan fingerprint density at radius 1 is 1.08 bits per heavy atom. The fourth-order valence-corrected chi connectivity index (χ4v) is 5.25. The molecule has 0 aliphatic carbocycles. The Morgan fingerprint density at radius 2 is 1.83 bits per heavy atom. The number of aromatic hydroxyl groups is 1. The zero-order valence-corrected chi connectivity index (χ0v) is 20.5. The van der Waals surface area contributed by atoms with Crippen molar-refractivity contribution in [1.29, 1.82) is 0 Å². The highest BCUT2D eigenvalue weighted by Crippen LogP contribution is 2.31. The van der Waals surface area contributed by atoms with Crippen LogP contribution in [0.5, 0.6) is 11.5 Å². The van der Waals surface area contributed by atoms with Crippen molar-refractivity contribution in [3.8, 4) is 11.5 Å². The molecule has 8 heteroatoms. The van der Waals surface area contributed by atoms with Gasteiger partial charge in [-0.3, -0.25) is 14.2 Å². The SMILES string of the molecule is COc1ccc([C@H]2C(C(=O)Nc3ccccc3)=C(C)N=c3s/c(=C/c4cccc(O)c4)c(=O)n32)cc1. The van der Waals surface area contributed by atoms with Crippen LogP contribution in [0.3, 0.4) is 0 Å². The summed E-state index contributed by atoms with van der Waals surface area (Å²) in [4.78, 5) is 32.4. The van der Waals surface area contributed by atoms with Gasteiger partial charge < -0.3 is 15.2 Å². The summed E-state index contributed by atoms with van der Waals surface area (Å²) < 4.78 is 7.32. The number of carbonyl (C=O) groups is 1. The summed E-state index contributed by atoms with van der Waals surface area (Å²) >= 11 is 1.25. The van der Waals surface area contributed by atoms with Crippen LogP contribution in [-0.4, -0.2) is 22.7 Å². The van der Waals surface area contributed by atoms with E-state index in [2.05, 4.69) is 10.3 Å². The lowest BCUT2D eigenvalue weighted by molar-refractivity contribution is -0.113. The number of fused-ring (bicyclic) bond motifs is 1. The number of methoxy groups -OCH3 is 1. The Hall–Kier alpha value is -4.43. The number of thiazole rings is 1. The summed E-state index contributed by atoms with van der Waals surface area (Å²) in [6.07, 6.45) is 1.72. The second-order valence-corrected chi connectivity index (χ2v) is 9.28. The molecule has 3 aromatic carbocycles. The molecule has 36 heavy (non-hydrogen) atoms. The maximum absolute atomic E-state index is 13.7. The third-order valence-corrected chi connectivity index (χ3v) is 6.88. The lowest BCUT2D eigenvalue weighted by Crippen LogP contribution is -2.40. The number of hydrogen-bond donors (Lipinski definition) is 2. The highest BCUT2D eigenvalue weighted by molar-refractivity contribution is 7.07. The molecule has 0 fully saturated rings. The number of phenols is 1. The number of carbonyl (C=O) groups excluding carboxylic acids is 1.